The number of carboxylic acid groups (broad SMARTS) is 1. The fraction of sp³-hybridized carbons (Fsp3) is 0.562. The van der Waals surface area contributed by atoms with Crippen molar-refractivity contribution in [2.75, 3.05) is 20.8 Å². The summed E-state index contributed by atoms with van der Waals surface area (Å²) in [4.78, 5) is 13.2. The average molecular weight is 293 g/mol. The number of hydrogen-bond acceptors (Lipinski definition) is 4. The average Bonchev–Trinajstić information content (AvgIpc) is 2.48. The summed E-state index contributed by atoms with van der Waals surface area (Å²) in [6.45, 7) is 1.70. The molecule has 21 heavy (non-hydrogen) atoms. The molecule has 1 heterocycles. The third-order valence-corrected chi connectivity index (χ3v) is 3.99. The zero-order valence-corrected chi connectivity index (χ0v) is 12.7. The maximum absolute atomic E-state index is 11.0. The van der Waals surface area contributed by atoms with Gasteiger partial charge in [-0.25, -0.2) is 0 Å². The van der Waals surface area contributed by atoms with Gasteiger partial charge in [-0.1, -0.05) is 12.5 Å². The molecule has 5 heteroatoms. The van der Waals surface area contributed by atoms with Gasteiger partial charge in [0.1, 0.15) is 0 Å². The van der Waals surface area contributed by atoms with Gasteiger partial charge >= 0.3 is 5.97 Å². The van der Waals surface area contributed by atoms with E-state index in [1.54, 1.807) is 14.2 Å². The molecule has 2 rings (SSSR count). The Balaban J connectivity index is 2.09. The summed E-state index contributed by atoms with van der Waals surface area (Å²) in [6, 6.07) is 5.99. The third kappa shape index (κ3) is 4.11. The molecule has 1 aliphatic heterocycles. The Morgan fingerprint density at radius 1 is 1.29 bits per heavy atom. The number of aliphatic carboxylic acids is 1. The van der Waals surface area contributed by atoms with Crippen molar-refractivity contribution in [2.45, 2.75) is 38.3 Å². The Morgan fingerprint density at radius 2 is 2.05 bits per heavy atom. The SMILES string of the molecule is COc1ccc(CN2CCCCC2CC(=O)O)cc1OC. The minimum absolute atomic E-state index is 0.129. The topological polar surface area (TPSA) is 59.0 Å². The standard InChI is InChI=1S/C16H23NO4/c1-20-14-7-6-12(9-15(14)21-2)11-17-8-4-3-5-13(17)10-16(18)19/h6-7,9,13H,3-5,8,10-11H2,1-2H3,(H,18,19). The van der Waals surface area contributed by atoms with Crippen LogP contribution < -0.4 is 9.47 Å². The van der Waals surface area contributed by atoms with Crippen molar-refractivity contribution in [3.8, 4) is 11.5 Å². The van der Waals surface area contributed by atoms with Crippen molar-refractivity contribution in [1.82, 2.24) is 4.90 Å². The van der Waals surface area contributed by atoms with E-state index in [1.807, 2.05) is 18.2 Å². The van der Waals surface area contributed by atoms with Gasteiger partial charge in [0.25, 0.3) is 0 Å². The second kappa shape index (κ2) is 7.31. The number of carboxylic acids is 1. The largest absolute Gasteiger partial charge is 0.493 e. The normalized spacial score (nSPS) is 19.2. The number of nitrogens with zero attached hydrogens (tertiary/aromatic N) is 1. The lowest BCUT2D eigenvalue weighted by molar-refractivity contribution is -0.138. The van der Waals surface area contributed by atoms with Gasteiger partial charge in [0.2, 0.25) is 0 Å². The maximum atomic E-state index is 11.0. The summed E-state index contributed by atoms with van der Waals surface area (Å²) >= 11 is 0. The Hall–Kier alpha value is -1.75. The van der Waals surface area contributed by atoms with Gasteiger partial charge in [-0.3, -0.25) is 9.69 Å². The molecular weight excluding hydrogens is 270 g/mol. The summed E-state index contributed by atoms with van der Waals surface area (Å²) in [6.07, 6.45) is 3.41. The van der Waals surface area contributed by atoms with Crippen LogP contribution in [-0.4, -0.2) is 42.8 Å². The first-order valence-corrected chi connectivity index (χ1v) is 7.30. The summed E-state index contributed by atoms with van der Waals surface area (Å²) in [7, 11) is 3.24. The van der Waals surface area contributed by atoms with Crippen LogP contribution in [0.2, 0.25) is 0 Å². The molecule has 1 aliphatic rings. The van der Waals surface area contributed by atoms with E-state index in [2.05, 4.69) is 4.90 Å². The second-order valence-electron chi connectivity index (χ2n) is 5.41. The molecule has 0 saturated carbocycles. The quantitative estimate of drug-likeness (QED) is 0.873. The first-order valence-electron chi connectivity index (χ1n) is 7.30. The van der Waals surface area contributed by atoms with Crippen LogP contribution in [-0.2, 0) is 11.3 Å². The van der Waals surface area contributed by atoms with Crippen LogP contribution in [0.25, 0.3) is 0 Å². The molecule has 0 spiro atoms. The highest BCUT2D eigenvalue weighted by Gasteiger charge is 2.24. The van der Waals surface area contributed by atoms with E-state index in [0.29, 0.717) is 11.5 Å². The van der Waals surface area contributed by atoms with E-state index in [4.69, 9.17) is 14.6 Å². The monoisotopic (exact) mass is 293 g/mol. The second-order valence-corrected chi connectivity index (χ2v) is 5.41. The number of piperidine rings is 1. The summed E-state index contributed by atoms with van der Waals surface area (Å²) < 4.78 is 10.6. The predicted octanol–water partition coefficient (Wildman–Crippen LogP) is 2.53. The number of hydrogen-bond donors (Lipinski definition) is 1. The highest BCUT2D eigenvalue weighted by molar-refractivity contribution is 5.67. The predicted molar refractivity (Wildman–Crippen MR) is 79.8 cm³/mol. The van der Waals surface area contributed by atoms with Crippen LogP contribution in [0, 0.1) is 0 Å². The van der Waals surface area contributed by atoms with Crippen molar-refractivity contribution in [1.29, 1.82) is 0 Å². The zero-order valence-electron chi connectivity index (χ0n) is 12.7. The van der Waals surface area contributed by atoms with Gasteiger partial charge in [0, 0.05) is 12.6 Å². The molecule has 0 amide bonds. The molecule has 5 nitrogen and oxygen atoms in total. The lowest BCUT2D eigenvalue weighted by Crippen LogP contribution is -2.40. The molecule has 0 aliphatic carbocycles. The zero-order chi connectivity index (χ0) is 15.2. The first-order chi connectivity index (χ1) is 10.1. The number of rotatable bonds is 6. The molecule has 1 aromatic rings. The molecule has 1 saturated heterocycles. The lowest BCUT2D eigenvalue weighted by atomic mass is 9.98. The van der Waals surface area contributed by atoms with E-state index in [1.165, 1.54) is 0 Å². The summed E-state index contributed by atoms with van der Waals surface area (Å²) in [5.74, 6) is 0.697. The van der Waals surface area contributed by atoms with Crippen LogP contribution in [0.1, 0.15) is 31.2 Å². The van der Waals surface area contributed by atoms with Crippen LogP contribution in [0.5, 0.6) is 11.5 Å². The molecule has 1 fully saturated rings. The summed E-state index contributed by atoms with van der Waals surface area (Å²) in [5.41, 5.74) is 1.12. The Morgan fingerprint density at radius 3 is 2.71 bits per heavy atom. The molecule has 1 aromatic carbocycles. The van der Waals surface area contributed by atoms with E-state index in [-0.39, 0.29) is 12.5 Å². The third-order valence-electron chi connectivity index (χ3n) is 3.99. The molecule has 0 aromatic heterocycles. The van der Waals surface area contributed by atoms with Crippen molar-refractivity contribution < 1.29 is 19.4 Å². The van der Waals surface area contributed by atoms with Crippen molar-refractivity contribution in [2.24, 2.45) is 0 Å². The Labute approximate surface area is 125 Å². The fourth-order valence-corrected chi connectivity index (χ4v) is 2.91. The van der Waals surface area contributed by atoms with Crippen LogP contribution >= 0.6 is 0 Å². The number of methoxy groups -OCH3 is 2. The first kappa shape index (κ1) is 15.6. The molecule has 0 bridgehead atoms. The fourth-order valence-electron chi connectivity index (χ4n) is 2.91. The van der Waals surface area contributed by atoms with Gasteiger partial charge in [-0.15, -0.1) is 0 Å². The van der Waals surface area contributed by atoms with Gasteiger partial charge in [-0.05, 0) is 37.1 Å². The highest BCUT2D eigenvalue weighted by atomic mass is 16.5. The van der Waals surface area contributed by atoms with E-state index in [9.17, 15) is 4.79 Å². The Bertz CT molecular complexity index is 489. The van der Waals surface area contributed by atoms with Gasteiger partial charge in [0.05, 0.1) is 20.6 Å². The Kier molecular flexibility index (Phi) is 5.44. The number of likely N-dealkylation sites (tertiary alicyclic amines) is 1. The van der Waals surface area contributed by atoms with Crippen molar-refractivity contribution in [3.05, 3.63) is 23.8 Å². The van der Waals surface area contributed by atoms with Gasteiger partial charge in [0.15, 0.2) is 11.5 Å². The number of ether oxygens (including phenoxy) is 2. The summed E-state index contributed by atoms with van der Waals surface area (Å²) in [5, 5.41) is 9.04. The minimum atomic E-state index is -0.723. The molecule has 0 radical (unpaired) electrons. The maximum Gasteiger partial charge on any atom is 0.304 e. The van der Waals surface area contributed by atoms with Crippen LogP contribution in [0.15, 0.2) is 18.2 Å². The van der Waals surface area contributed by atoms with E-state index in [0.717, 1.165) is 37.9 Å². The van der Waals surface area contributed by atoms with Crippen molar-refractivity contribution >= 4 is 5.97 Å². The minimum Gasteiger partial charge on any atom is -0.493 e. The van der Waals surface area contributed by atoms with E-state index < -0.39 is 5.97 Å². The molecule has 1 atom stereocenters. The van der Waals surface area contributed by atoms with Gasteiger partial charge < -0.3 is 14.6 Å². The molecule has 116 valence electrons. The van der Waals surface area contributed by atoms with Crippen LogP contribution in [0.3, 0.4) is 0 Å². The van der Waals surface area contributed by atoms with Crippen LogP contribution in [0.4, 0.5) is 0 Å². The molecule has 1 N–H and O–H groups in total. The highest BCUT2D eigenvalue weighted by Crippen LogP contribution is 2.29. The van der Waals surface area contributed by atoms with Gasteiger partial charge in [-0.2, -0.15) is 0 Å². The van der Waals surface area contributed by atoms with E-state index >= 15 is 0 Å². The number of carbonyl (C=O) groups is 1. The number of benzene rings is 1. The molecule has 1 unspecified atom stereocenters. The smallest absolute Gasteiger partial charge is 0.304 e. The van der Waals surface area contributed by atoms with Crippen molar-refractivity contribution in [3.63, 3.8) is 0 Å². The molecular formula is C16H23NO4. The lowest BCUT2D eigenvalue weighted by Gasteiger charge is -2.35.